The van der Waals surface area contributed by atoms with E-state index >= 15 is 0 Å². The Balaban J connectivity index is 1.25. The predicted molar refractivity (Wildman–Crippen MR) is 173 cm³/mol. The van der Waals surface area contributed by atoms with Gasteiger partial charge in [-0.05, 0) is 102 Å². The standard InChI is InChI=1S/C37H32N2O5/c1-23(2)28-6-5-9-33(21-28)44-37(43)30-8-4-7-29(20-30)36(42)38-31-17-10-24(3)34(22-31)39-35(41)27-13-11-25(12-14-27)26-15-18-32(40)19-16-26/h4-23,40H,1-3H3,(H,38,42)(H,39,41). The molecule has 44 heavy (non-hydrogen) atoms. The number of anilines is 2. The summed E-state index contributed by atoms with van der Waals surface area (Å²) in [6.45, 7) is 5.99. The van der Waals surface area contributed by atoms with E-state index in [-0.39, 0.29) is 22.8 Å². The second-order valence-electron chi connectivity index (χ2n) is 10.8. The van der Waals surface area contributed by atoms with E-state index in [1.165, 1.54) is 6.07 Å². The smallest absolute Gasteiger partial charge is 0.343 e. The molecule has 0 saturated carbocycles. The van der Waals surface area contributed by atoms with Gasteiger partial charge >= 0.3 is 5.97 Å². The number of aryl methyl sites for hydroxylation is 1. The Morgan fingerprint density at radius 2 is 1.30 bits per heavy atom. The minimum atomic E-state index is -0.558. The summed E-state index contributed by atoms with van der Waals surface area (Å²) in [6.07, 6.45) is 0. The number of rotatable bonds is 8. The zero-order valence-electron chi connectivity index (χ0n) is 24.6. The van der Waals surface area contributed by atoms with Crippen LogP contribution in [0.4, 0.5) is 11.4 Å². The van der Waals surface area contributed by atoms with Crippen molar-refractivity contribution in [3.8, 4) is 22.6 Å². The number of aromatic hydroxyl groups is 1. The van der Waals surface area contributed by atoms with Crippen LogP contribution in [0.15, 0.2) is 115 Å². The van der Waals surface area contributed by atoms with Gasteiger partial charge < -0.3 is 20.5 Å². The highest BCUT2D eigenvalue weighted by atomic mass is 16.5. The van der Waals surface area contributed by atoms with E-state index in [9.17, 15) is 19.5 Å². The first-order chi connectivity index (χ1) is 21.2. The SMILES string of the molecule is Cc1ccc(NC(=O)c2cccc(C(=O)Oc3cccc(C(C)C)c3)c2)cc1NC(=O)c1ccc(-c2ccc(O)cc2)cc1. The summed E-state index contributed by atoms with van der Waals surface area (Å²) in [5.74, 6) is -0.335. The van der Waals surface area contributed by atoms with Gasteiger partial charge in [0.1, 0.15) is 11.5 Å². The third kappa shape index (κ3) is 7.20. The maximum atomic E-state index is 13.1. The van der Waals surface area contributed by atoms with Crippen LogP contribution in [0.25, 0.3) is 11.1 Å². The van der Waals surface area contributed by atoms with Crippen LogP contribution < -0.4 is 15.4 Å². The fraction of sp³-hybridized carbons (Fsp3) is 0.108. The molecular formula is C37H32N2O5. The van der Waals surface area contributed by atoms with Gasteiger partial charge in [0.05, 0.1) is 5.56 Å². The molecular weight excluding hydrogens is 552 g/mol. The number of hydrogen-bond acceptors (Lipinski definition) is 5. The minimum Gasteiger partial charge on any atom is -0.508 e. The van der Waals surface area contributed by atoms with E-state index in [4.69, 9.17) is 4.74 Å². The molecule has 7 nitrogen and oxygen atoms in total. The van der Waals surface area contributed by atoms with Crippen molar-refractivity contribution in [3.63, 3.8) is 0 Å². The van der Waals surface area contributed by atoms with Crippen molar-refractivity contribution in [1.82, 2.24) is 0 Å². The molecule has 0 radical (unpaired) electrons. The normalized spacial score (nSPS) is 10.7. The number of amides is 2. The molecule has 5 aromatic rings. The Morgan fingerprint density at radius 3 is 2.00 bits per heavy atom. The van der Waals surface area contributed by atoms with E-state index in [1.54, 1.807) is 66.7 Å². The van der Waals surface area contributed by atoms with Gasteiger partial charge in [0.25, 0.3) is 11.8 Å². The van der Waals surface area contributed by atoms with Crippen LogP contribution in [-0.4, -0.2) is 22.9 Å². The summed E-state index contributed by atoms with van der Waals surface area (Å²) < 4.78 is 5.56. The Kier molecular flexibility index (Phi) is 8.86. The maximum absolute atomic E-state index is 13.1. The molecule has 0 unspecified atom stereocenters. The maximum Gasteiger partial charge on any atom is 0.343 e. The van der Waals surface area contributed by atoms with Gasteiger partial charge in [0.15, 0.2) is 0 Å². The molecule has 0 aliphatic heterocycles. The van der Waals surface area contributed by atoms with Crippen LogP contribution in [-0.2, 0) is 0 Å². The van der Waals surface area contributed by atoms with Gasteiger partial charge in [-0.2, -0.15) is 0 Å². The number of esters is 1. The third-order valence-electron chi connectivity index (χ3n) is 7.19. The monoisotopic (exact) mass is 584 g/mol. The lowest BCUT2D eigenvalue weighted by Crippen LogP contribution is -2.16. The van der Waals surface area contributed by atoms with Gasteiger partial charge in [0.2, 0.25) is 0 Å². The molecule has 0 bridgehead atoms. The molecule has 5 rings (SSSR count). The average molecular weight is 585 g/mol. The first-order valence-corrected chi connectivity index (χ1v) is 14.2. The van der Waals surface area contributed by atoms with Crippen molar-refractivity contribution in [2.75, 3.05) is 10.6 Å². The van der Waals surface area contributed by atoms with Crippen LogP contribution in [0.3, 0.4) is 0 Å². The van der Waals surface area contributed by atoms with E-state index < -0.39 is 11.9 Å². The molecule has 0 aliphatic rings. The zero-order chi connectivity index (χ0) is 31.2. The number of benzene rings is 5. The molecule has 0 fully saturated rings. The summed E-state index contributed by atoms with van der Waals surface area (Å²) in [5.41, 5.74) is 5.77. The molecule has 0 atom stereocenters. The number of phenols is 1. The Labute approximate surface area is 256 Å². The summed E-state index contributed by atoms with van der Waals surface area (Å²) in [5, 5.41) is 15.3. The molecule has 0 aromatic heterocycles. The fourth-order valence-corrected chi connectivity index (χ4v) is 4.59. The number of nitrogens with one attached hydrogen (secondary N) is 2. The second-order valence-corrected chi connectivity index (χ2v) is 10.8. The Bertz CT molecular complexity index is 1830. The highest BCUT2D eigenvalue weighted by Gasteiger charge is 2.15. The van der Waals surface area contributed by atoms with Gasteiger partial charge in [0, 0.05) is 22.5 Å². The Morgan fingerprint density at radius 1 is 0.659 bits per heavy atom. The zero-order valence-corrected chi connectivity index (χ0v) is 24.6. The molecule has 3 N–H and O–H groups in total. The van der Waals surface area contributed by atoms with E-state index in [0.29, 0.717) is 28.6 Å². The molecule has 0 heterocycles. The van der Waals surface area contributed by atoms with Crippen LogP contribution in [0, 0.1) is 6.92 Å². The fourth-order valence-electron chi connectivity index (χ4n) is 4.59. The van der Waals surface area contributed by atoms with Gasteiger partial charge in [-0.15, -0.1) is 0 Å². The van der Waals surface area contributed by atoms with Crippen molar-refractivity contribution in [3.05, 3.63) is 143 Å². The van der Waals surface area contributed by atoms with Gasteiger partial charge in [-0.25, -0.2) is 4.79 Å². The number of ether oxygens (including phenoxy) is 1. The largest absolute Gasteiger partial charge is 0.508 e. The summed E-state index contributed by atoms with van der Waals surface area (Å²) in [6, 6.07) is 32.9. The second kappa shape index (κ2) is 13.1. The van der Waals surface area contributed by atoms with E-state index in [1.807, 2.05) is 49.4 Å². The topological polar surface area (TPSA) is 105 Å². The first-order valence-electron chi connectivity index (χ1n) is 14.2. The van der Waals surface area contributed by atoms with Crippen LogP contribution in [0.1, 0.15) is 62.0 Å². The minimum absolute atomic E-state index is 0.191. The summed E-state index contributed by atoms with van der Waals surface area (Å²) in [4.78, 5) is 39.0. The van der Waals surface area contributed by atoms with Crippen LogP contribution in [0.2, 0.25) is 0 Å². The van der Waals surface area contributed by atoms with Crippen molar-refractivity contribution in [2.24, 2.45) is 0 Å². The molecule has 7 heteroatoms. The molecule has 2 amide bonds. The molecule has 0 saturated heterocycles. The molecule has 0 aliphatic carbocycles. The molecule has 0 spiro atoms. The average Bonchev–Trinajstić information content (AvgIpc) is 3.03. The number of carbonyl (C=O) groups excluding carboxylic acids is 3. The van der Waals surface area contributed by atoms with Crippen molar-refractivity contribution < 1.29 is 24.2 Å². The number of phenolic OH excluding ortho intramolecular Hbond substituents is 1. The van der Waals surface area contributed by atoms with Crippen LogP contribution in [0.5, 0.6) is 11.5 Å². The first kappa shape index (κ1) is 29.8. The summed E-state index contributed by atoms with van der Waals surface area (Å²) >= 11 is 0. The lowest BCUT2D eigenvalue weighted by atomic mass is 10.0. The third-order valence-corrected chi connectivity index (χ3v) is 7.19. The number of hydrogen-bond donors (Lipinski definition) is 3. The highest BCUT2D eigenvalue weighted by Crippen LogP contribution is 2.25. The van der Waals surface area contributed by atoms with Gasteiger partial charge in [-0.3, -0.25) is 9.59 Å². The Hall–Kier alpha value is -5.69. The van der Waals surface area contributed by atoms with Crippen molar-refractivity contribution >= 4 is 29.2 Å². The van der Waals surface area contributed by atoms with E-state index in [2.05, 4.69) is 24.5 Å². The quantitative estimate of drug-likeness (QED) is 0.126. The predicted octanol–water partition coefficient (Wildman–Crippen LogP) is 8.21. The van der Waals surface area contributed by atoms with Crippen LogP contribution >= 0.6 is 0 Å². The van der Waals surface area contributed by atoms with Gasteiger partial charge in [-0.1, -0.05) is 62.4 Å². The van der Waals surface area contributed by atoms with E-state index in [0.717, 1.165) is 22.3 Å². The number of carbonyl (C=O) groups is 3. The highest BCUT2D eigenvalue weighted by molar-refractivity contribution is 6.07. The van der Waals surface area contributed by atoms with Crippen molar-refractivity contribution in [1.29, 1.82) is 0 Å². The lowest BCUT2D eigenvalue weighted by molar-refractivity contribution is 0.0734. The van der Waals surface area contributed by atoms with Crippen molar-refractivity contribution in [2.45, 2.75) is 26.7 Å². The lowest BCUT2D eigenvalue weighted by Gasteiger charge is -2.13. The summed E-state index contributed by atoms with van der Waals surface area (Å²) in [7, 11) is 0. The molecule has 220 valence electrons. The molecule has 5 aromatic carbocycles.